The molecule has 3 rings (SSSR count). The van der Waals surface area contributed by atoms with E-state index in [0.29, 0.717) is 17.5 Å². The Hall–Kier alpha value is -3.02. The number of imidazole rings is 1. The standard InChI is InChI=1S/C18H11ClF6N2O4/c1-8-26-2-3-27(8)7-10-6-13-9(5-12(10)19)4-11(14(30-13)17(20,21)22)15(28)31-16(29)18(23,24)25/h2-6,14H,7H2,1H3. The largest absolute Gasteiger partial charge is 0.491 e. The lowest BCUT2D eigenvalue weighted by Gasteiger charge is -2.28. The Morgan fingerprint density at radius 2 is 1.90 bits per heavy atom. The van der Waals surface area contributed by atoms with Crippen molar-refractivity contribution in [1.29, 1.82) is 0 Å². The van der Waals surface area contributed by atoms with Crippen LogP contribution < -0.4 is 4.74 Å². The Labute approximate surface area is 175 Å². The summed E-state index contributed by atoms with van der Waals surface area (Å²) >= 11 is 6.17. The van der Waals surface area contributed by atoms with Crippen LogP contribution in [-0.2, 0) is 20.9 Å². The zero-order chi connectivity index (χ0) is 23.1. The molecule has 166 valence electrons. The van der Waals surface area contributed by atoms with E-state index in [-0.39, 0.29) is 22.9 Å². The van der Waals surface area contributed by atoms with E-state index >= 15 is 0 Å². The molecule has 0 amide bonds. The molecule has 1 aliphatic heterocycles. The number of alkyl halides is 6. The summed E-state index contributed by atoms with van der Waals surface area (Å²) in [5, 5.41) is 0.0937. The van der Waals surface area contributed by atoms with Gasteiger partial charge in [-0.1, -0.05) is 11.6 Å². The van der Waals surface area contributed by atoms with Crippen molar-refractivity contribution in [2.75, 3.05) is 0 Å². The van der Waals surface area contributed by atoms with Gasteiger partial charge in [-0.3, -0.25) is 0 Å². The Balaban J connectivity index is 1.99. The maximum atomic E-state index is 13.4. The number of hydrogen-bond acceptors (Lipinski definition) is 5. The summed E-state index contributed by atoms with van der Waals surface area (Å²) in [6.07, 6.45) is -9.94. The summed E-state index contributed by atoms with van der Waals surface area (Å²) in [6.45, 7) is 1.85. The molecule has 1 aromatic carbocycles. The van der Waals surface area contributed by atoms with Crippen LogP contribution in [0.3, 0.4) is 0 Å². The molecule has 13 heteroatoms. The summed E-state index contributed by atoms with van der Waals surface area (Å²) in [7, 11) is 0. The van der Waals surface area contributed by atoms with Crippen molar-refractivity contribution in [1.82, 2.24) is 9.55 Å². The Morgan fingerprint density at radius 3 is 2.45 bits per heavy atom. The van der Waals surface area contributed by atoms with Gasteiger partial charge in [0, 0.05) is 23.0 Å². The first-order chi connectivity index (χ1) is 14.3. The molecule has 0 radical (unpaired) electrons. The fraction of sp³-hybridized carbons (Fsp3) is 0.278. The van der Waals surface area contributed by atoms with Crippen LogP contribution in [0.4, 0.5) is 26.3 Å². The second-order valence-corrected chi connectivity index (χ2v) is 6.80. The Bertz CT molecular complexity index is 1070. The number of halogens is 7. The van der Waals surface area contributed by atoms with E-state index in [2.05, 4.69) is 9.72 Å². The van der Waals surface area contributed by atoms with Gasteiger partial charge in [-0.25, -0.2) is 14.6 Å². The van der Waals surface area contributed by atoms with Crippen LogP contribution in [-0.4, -0.2) is 39.9 Å². The quantitative estimate of drug-likeness (QED) is 0.383. The predicted octanol–water partition coefficient (Wildman–Crippen LogP) is 4.23. The number of aromatic nitrogens is 2. The van der Waals surface area contributed by atoms with Gasteiger partial charge in [0.25, 0.3) is 0 Å². The summed E-state index contributed by atoms with van der Waals surface area (Å²) in [5.74, 6) is -4.78. The maximum Gasteiger partial charge on any atom is 0.491 e. The highest BCUT2D eigenvalue weighted by Crippen LogP contribution is 2.40. The van der Waals surface area contributed by atoms with Crippen molar-refractivity contribution in [2.24, 2.45) is 0 Å². The number of ether oxygens (including phenoxy) is 2. The van der Waals surface area contributed by atoms with E-state index in [1.165, 1.54) is 18.3 Å². The normalized spacial score (nSPS) is 16.3. The van der Waals surface area contributed by atoms with Gasteiger partial charge in [-0.2, -0.15) is 26.3 Å². The van der Waals surface area contributed by atoms with Gasteiger partial charge in [0.15, 0.2) is 0 Å². The highest BCUT2D eigenvalue weighted by atomic mass is 35.5. The van der Waals surface area contributed by atoms with Gasteiger partial charge in [-0.05, 0) is 30.7 Å². The van der Waals surface area contributed by atoms with Gasteiger partial charge in [0.2, 0.25) is 6.10 Å². The molecule has 0 bridgehead atoms. The molecule has 0 aliphatic carbocycles. The van der Waals surface area contributed by atoms with Crippen LogP contribution in [0.2, 0.25) is 5.02 Å². The van der Waals surface area contributed by atoms with E-state index in [4.69, 9.17) is 16.3 Å². The fourth-order valence-corrected chi connectivity index (χ4v) is 2.98. The molecular weight excluding hydrogens is 458 g/mol. The second-order valence-electron chi connectivity index (χ2n) is 6.40. The predicted molar refractivity (Wildman–Crippen MR) is 93.1 cm³/mol. The first-order valence-electron chi connectivity index (χ1n) is 8.36. The van der Waals surface area contributed by atoms with Gasteiger partial charge in [0.1, 0.15) is 11.6 Å². The molecule has 1 unspecified atom stereocenters. The average Bonchev–Trinajstić information content (AvgIpc) is 3.04. The number of fused-ring (bicyclic) bond motifs is 1. The highest BCUT2D eigenvalue weighted by Gasteiger charge is 2.51. The van der Waals surface area contributed by atoms with E-state index < -0.39 is 36.0 Å². The number of rotatable bonds is 3. The van der Waals surface area contributed by atoms with Gasteiger partial charge in [0.05, 0.1) is 12.1 Å². The molecule has 6 nitrogen and oxygen atoms in total. The summed E-state index contributed by atoms with van der Waals surface area (Å²) in [6, 6.07) is 2.40. The zero-order valence-electron chi connectivity index (χ0n) is 15.3. The number of aryl methyl sites for hydroxylation is 1. The van der Waals surface area contributed by atoms with Crippen LogP contribution in [0.1, 0.15) is 17.0 Å². The lowest BCUT2D eigenvalue weighted by atomic mass is 9.99. The number of carbonyl (C=O) groups excluding carboxylic acids is 2. The lowest BCUT2D eigenvalue weighted by Crippen LogP contribution is -2.42. The van der Waals surface area contributed by atoms with E-state index in [0.717, 1.165) is 0 Å². The number of benzene rings is 1. The number of nitrogens with zero attached hydrogens (tertiary/aromatic N) is 2. The van der Waals surface area contributed by atoms with Crippen LogP contribution in [0.15, 0.2) is 30.1 Å². The van der Waals surface area contributed by atoms with Gasteiger partial charge in [-0.15, -0.1) is 0 Å². The third-order valence-corrected chi connectivity index (χ3v) is 4.58. The van der Waals surface area contributed by atoms with Crippen LogP contribution in [0.25, 0.3) is 6.08 Å². The molecule has 1 atom stereocenters. The summed E-state index contributed by atoms with van der Waals surface area (Å²) in [5.41, 5.74) is -1.07. The fourth-order valence-electron chi connectivity index (χ4n) is 2.74. The molecule has 1 aromatic heterocycles. The molecule has 0 saturated carbocycles. The van der Waals surface area contributed by atoms with Gasteiger partial charge >= 0.3 is 24.3 Å². The summed E-state index contributed by atoms with van der Waals surface area (Å²) in [4.78, 5) is 26.8. The number of hydrogen-bond donors (Lipinski definition) is 0. The Kier molecular flexibility index (Phi) is 5.78. The lowest BCUT2D eigenvalue weighted by molar-refractivity contribution is -0.204. The van der Waals surface area contributed by atoms with Gasteiger partial charge < -0.3 is 14.0 Å². The molecule has 31 heavy (non-hydrogen) atoms. The third kappa shape index (κ3) is 4.84. The Morgan fingerprint density at radius 1 is 1.23 bits per heavy atom. The molecular formula is C18H11ClF6N2O4. The first kappa shape index (κ1) is 22.7. The molecule has 0 spiro atoms. The monoisotopic (exact) mass is 468 g/mol. The number of esters is 2. The van der Waals surface area contributed by atoms with Crippen molar-refractivity contribution >= 4 is 29.6 Å². The first-order valence-corrected chi connectivity index (χ1v) is 8.73. The van der Waals surface area contributed by atoms with E-state index in [9.17, 15) is 35.9 Å². The zero-order valence-corrected chi connectivity index (χ0v) is 16.1. The smallest absolute Gasteiger partial charge is 0.475 e. The number of carbonyl (C=O) groups is 2. The van der Waals surface area contributed by atoms with Crippen LogP contribution in [0, 0.1) is 6.92 Å². The van der Waals surface area contributed by atoms with Crippen molar-refractivity contribution in [3.8, 4) is 5.75 Å². The molecule has 0 saturated heterocycles. The minimum atomic E-state index is -5.57. The topological polar surface area (TPSA) is 70.4 Å². The van der Waals surface area contributed by atoms with Crippen molar-refractivity contribution < 1.29 is 45.4 Å². The van der Waals surface area contributed by atoms with E-state index in [1.807, 2.05) is 0 Å². The molecule has 2 aromatic rings. The van der Waals surface area contributed by atoms with Crippen molar-refractivity contribution in [3.05, 3.63) is 52.1 Å². The van der Waals surface area contributed by atoms with Crippen molar-refractivity contribution in [3.63, 3.8) is 0 Å². The highest BCUT2D eigenvalue weighted by molar-refractivity contribution is 6.31. The second kappa shape index (κ2) is 7.91. The molecule has 2 heterocycles. The molecule has 0 N–H and O–H groups in total. The van der Waals surface area contributed by atoms with Crippen molar-refractivity contribution in [2.45, 2.75) is 31.9 Å². The minimum absolute atomic E-state index is 0.0937. The molecule has 0 fully saturated rings. The SMILES string of the molecule is Cc1nccn1Cc1cc2c(cc1Cl)C=C(C(=O)OC(=O)C(F)(F)F)C(C(F)(F)F)O2. The average molecular weight is 469 g/mol. The van der Waals surface area contributed by atoms with E-state index in [1.54, 1.807) is 17.7 Å². The molecule has 1 aliphatic rings. The van der Waals surface area contributed by atoms with Crippen LogP contribution >= 0.6 is 11.6 Å². The summed E-state index contributed by atoms with van der Waals surface area (Å²) < 4.78 is 87.3. The third-order valence-electron chi connectivity index (χ3n) is 4.23. The van der Waals surface area contributed by atoms with Crippen LogP contribution in [0.5, 0.6) is 5.75 Å². The minimum Gasteiger partial charge on any atom is -0.475 e. The maximum absolute atomic E-state index is 13.4.